The van der Waals surface area contributed by atoms with Crippen LogP contribution in [0.5, 0.6) is 0 Å². The molecule has 0 saturated carbocycles. The van der Waals surface area contributed by atoms with E-state index in [1.54, 1.807) is 0 Å². The largest absolute Gasteiger partial charge is 0.308 e. The fourth-order valence-electron chi connectivity index (χ4n) is 11.5. The summed E-state index contributed by atoms with van der Waals surface area (Å²) in [6.07, 6.45) is 9.48. The van der Waals surface area contributed by atoms with Crippen LogP contribution in [0.25, 0.3) is 86.9 Å². The Hall–Kier alpha value is -6.75. The highest BCUT2D eigenvalue weighted by molar-refractivity contribution is 7.20. The van der Waals surface area contributed by atoms with E-state index in [1.165, 1.54) is 114 Å². The van der Waals surface area contributed by atoms with Gasteiger partial charge in [0.2, 0.25) is 0 Å². The molecule has 1 aliphatic heterocycles. The number of allylic oxidation sites excluding steroid dienone is 5. The Morgan fingerprint density at radius 1 is 0.613 bits per heavy atom. The van der Waals surface area contributed by atoms with E-state index in [2.05, 4.69) is 195 Å². The SMILES string of the molecule is Cc1c2cc3c(c1-c1c(ccc4ccccc14)[C@H](C)C(C)C1=C2CCC=C1)c1ccccc1n3C1=CC(C)C(n2c3ccccc3c3ccccc32)=Nc2c1sc1ccccc21. The lowest BCUT2D eigenvalue weighted by Gasteiger charge is -2.27. The van der Waals surface area contributed by atoms with Gasteiger partial charge in [-0.15, -0.1) is 11.3 Å². The summed E-state index contributed by atoms with van der Waals surface area (Å²) in [6, 6.07) is 52.1. The number of fused-ring (bicyclic) bond motifs is 17. The van der Waals surface area contributed by atoms with E-state index in [-0.39, 0.29) is 5.92 Å². The molecular formula is C58H45N3S. The van der Waals surface area contributed by atoms with Crippen LogP contribution in [0.1, 0.15) is 61.1 Å². The van der Waals surface area contributed by atoms with Crippen LogP contribution in [-0.2, 0) is 0 Å². The van der Waals surface area contributed by atoms with Crippen molar-refractivity contribution in [3.8, 4) is 11.1 Å². The standard InChI is InChI=1S/C58H45N3S/c1-33-31-51(57-56(45-24-12-16-28-52(45)62-57)59-58(33)61-47-25-13-9-21-42(47)43-22-10-14-26-48(43)61)60-49-27-15-11-23-44(49)55-50(60)32-46-36(4)53(55)54-39(30-29-37-17-5-6-19-40(37)54)35(3)34(2)38-18-7-8-20-41(38)46/h5-7,9-19,21-35H,8,20H2,1-4H3/t33?,34?,35-/m1/s1. The maximum absolute atomic E-state index is 5.83. The molecule has 0 spiro atoms. The summed E-state index contributed by atoms with van der Waals surface area (Å²) in [5.41, 5.74) is 17.1. The zero-order valence-corrected chi connectivity index (χ0v) is 36.2. The molecule has 0 saturated heterocycles. The fraction of sp³-hybridized carbons (Fsp3) is 0.155. The first-order valence-corrected chi connectivity index (χ1v) is 23.1. The third-order valence-electron chi connectivity index (χ3n) is 14.6. The molecule has 0 N–H and O–H groups in total. The highest BCUT2D eigenvalue weighted by Crippen LogP contribution is 2.54. The van der Waals surface area contributed by atoms with Crippen molar-refractivity contribution in [3.05, 3.63) is 185 Å². The van der Waals surface area contributed by atoms with Gasteiger partial charge in [0.15, 0.2) is 0 Å². The first-order chi connectivity index (χ1) is 30.5. The maximum atomic E-state index is 5.83. The highest BCUT2D eigenvalue weighted by atomic mass is 32.1. The molecule has 10 aromatic rings. The minimum Gasteiger partial charge on any atom is -0.308 e. The van der Waals surface area contributed by atoms with Gasteiger partial charge in [-0.05, 0) is 118 Å². The molecular weight excluding hydrogens is 771 g/mol. The van der Waals surface area contributed by atoms with E-state index in [4.69, 9.17) is 4.99 Å². The summed E-state index contributed by atoms with van der Waals surface area (Å²) in [6.45, 7) is 9.68. The highest BCUT2D eigenvalue weighted by Gasteiger charge is 2.33. The van der Waals surface area contributed by atoms with E-state index >= 15 is 0 Å². The Morgan fingerprint density at radius 3 is 2.02 bits per heavy atom. The van der Waals surface area contributed by atoms with Crippen molar-refractivity contribution in [1.82, 2.24) is 9.13 Å². The first-order valence-electron chi connectivity index (χ1n) is 22.3. The first kappa shape index (κ1) is 36.0. The number of para-hydroxylation sites is 3. The molecule has 0 radical (unpaired) electrons. The Labute approximate surface area is 365 Å². The third-order valence-corrected chi connectivity index (χ3v) is 15.8. The molecule has 2 bridgehead atoms. The second-order valence-corrected chi connectivity index (χ2v) is 18.9. The van der Waals surface area contributed by atoms with Crippen LogP contribution in [0.2, 0.25) is 0 Å². The number of aliphatic imine (C=N–C) groups is 1. The van der Waals surface area contributed by atoms with Crippen molar-refractivity contribution in [1.29, 1.82) is 0 Å². The predicted octanol–water partition coefficient (Wildman–Crippen LogP) is 16.2. The zero-order valence-electron chi connectivity index (χ0n) is 35.4. The normalized spacial score (nSPS) is 18.7. The summed E-state index contributed by atoms with van der Waals surface area (Å²) in [5, 5.41) is 8.93. The van der Waals surface area contributed by atoms with Gasteiger partial charge in [0.05, 0.1) is 38.3 Å². The van der Waals surface area contributed by atoms with Crippen molar-refractivity contribution >= 4 is 98.6 Å². The second-order valence-electron chi connectivity index (χ2n) is 17.8. The van der Waals surface area contributed by atoms with Crippen LogP contribution in [0.4, 0.5) is 5.69 Å². The summed E-state index contributed by atoms with van der Waals surface area (Å²) < 4.78 is 6.31. The number of thiophene rings is 1. The van der Waals surface area contributed by atoms with Crippen molar-refractivity contribution < 1.29 is 0 Å². The van der Waals surface area contributed by atoms with Crippen LogP contribution in [-0.4, -0.2) is 15.0 Å². The predicted molar refractivity (Wildman–Crippen MR) is 266 cm³/mol. The Morgan fingerprint density at radius 2 is 1.26 bits per heavy atom. The van der Waals surface area contributed by atoms with Crippen molar-refractivity contribution in [3.63, 3.8) is 0 Å². The van der Waals surface area contributed by atoms with Crippen molar-refractivity contribution in [2.24, 2.45) is 16.8 Å². The smallest absolute Gasteiger partial charge is 0.121 e. The van der Waals surface area contributed by atoms with Crippen LogP contribution in [0.3, 0.4) is 0 Å². The molecule has 7 aromatic carbocycles. The summed E-state index contributed by atoms with van der Waals surface area (Å²) >= 11 is 1.87. The Kier molecular flexibility index (Phi) is 7.76. The Balaban J connectivity index is 1.19. The number of nitrogens with zero attached hydrogens (tertiary/aromatic N) is 3. The van der Waals surface area contributed by atoms with Crippen LogP contribution in [0.15, 0.2) is 168 Å². The van der Waals surface area contributed by atoms with Crippen molar-refractivity contribution in [2.75, 3.05) is 0 Å². The van der Waals surface area contributed by atoms with E-state index in [0.29, 0.717) is 11.8 Å². The van der Waals surface area contributed by atoms with Gasteiger partial charge in [-0.1, -0.05) is 142 Å². The van der Waals surface area contributed by atoms with Gasteiger partial charge in [-0.25, -0.2) is 4.99 Å². The molecule has 3 aliphatic rings. The van der Waals surface area contributed by atoms with Gasteiger partial charge in [-0.3, -0.25) is 4.57 Å². The average molecular weight is 816 g/mol. The number of hydrogen-bond acceptors (Lipinski definition) is 2. The molecule has 298 valence electrons. The van der Waals surface area contributed by atoms with Gasteiger partial charge < -0.3 is 4.57 Å². The van der Waals surface area contributed by atoms with Crippen LogP contribution in [0, 0.1) is 18.8 Å². The van der Waals surface area contributed by atoms with Crippen LogP contribution < -0.4 is 0 Å². The monoisotopic (exact) mass is 815 g/mol. The number of benzene rings is 7. The summed E-state index contributed by atoms with van der Waals surface area (Å²) in [5.74, 6) is 1.70. The number of rotatable bonds is 1. The average Bonchev–Trinajstić information content (AvgIpc) is 3.93. The van der Waals surface area contributed by atoms with Crippen LogP contribution >= 0.6 is 11.3 Å². The second kappa shape index (κ2) is 13.4. The molecule has 2 unspecified atom stereocenters. The summed E-state index contributed by atoms with van der Waals surface area (Å²) in [7, 11) is 0. The molecule has 0 fully saturated rings. The molecule has 3 atom stereocenters. The van der Waals surface area contributed by atoms with Gasteiger partial charge in [0, 0.05) is 37.5 Å². The minimum absolute atomic E-state index is 0.0191. The molecule has 62 heavy (non-hydrogen) atoms. The van der Waals surface area contributed by atoms with E-state index in [9.17, 15) is 0 Å². The molecule has 4 heterocycles. The minimum atomic E-state index is -0.0191. The number of hydrogen-bond donors (Lipinski definition) is 0. The van der Waals surface area contributed by atoms with Gasteiger partial charge in [-0.2, -0.15) is 0 Å². The molecule has 2 aliphatic carbocycles. The molecule has 3 aromatic heterocycles. The van der Waals surface area contributed by atoms with E-state index < -0.39 is 0 Å². The summed E-state index contributed by atoms with van der Waals surface area (Å²) in [4.78, 5) is 7.04. The molecule has 0 amide bonds. The quantitative estimate of drug-likeness (QED) is 0.157. The Bertz CT molecular complexity index is 3650. The fourth-order valence-corrected chi connectivity index (χ4v) is 12.7. The lowest BCUT2D eigenvalue weighted by molar-refractivity contribution is 0.571. The molecule has 3 nitrogen and oxygen atoms in total. The van der Waals surface area contributed by atoms with Crippen molar-refractivity contribution in [2.45, 2.75) is 46.5 Å². The van der Waals surface area contributed by atoms with Gasteiger partial charge in [0.1, 0.15) is 5.84 Å². The topological polar surface area (TPSA) is 22.2 Å². The molecule has 13 rings (SSSR count). The lowest BCUT2D eigenvalue weighted by atomic mass is 9.77. The number of aromatic nitrogens is 2. The maximum Gasteiger partial charge on any atom is 0.121 e. The zero-order chi connectivity index (χ0) is 41.4. The van der Waals surface area contributed by atoms with Gasteiger partial charge in [0.25, 0.3) is 0 Å². The van der Waals surface area contributed by atoms with Gasteiger partial charge >= 0.3 is 0 Å². The van der Waals surface area contributed by atoms with E-state index in [0.717, 1.165) is 24.4 Å². The molecule has 4 heteroatoms. The van der Waals surface area contributed by atoms with E-state index in [1.807, 2.05) is 11.3 Å². The lowest BCUT2D eigenvalue weighted by Crippen LogP contribution is -2.19. The third kappa shape index (κ3) is 4.90.